The number of benzene rings is 1. The van der Waals surface area contributed by atoms with Gasteiger partial charge in [0.05, 0.1) is 19.6 Å². The summed E-state index contributed by atoms with van der Waals surface area (Å²) in [6.07, 6.45) is 0.196. The summed E-state index contributed by atoms with van der Waals surface area (Å²) < 4.78 is 15.6. The predicted octanol–water partition coefficient (Wildman–Crippen LogP) is -0.567. The third kappa shape index (κ3) is 14.9. The van der Waals surface area contributed by atoms with Crippen LogP contribution >= 0.6 is 7.82 Å². The van der Waals surface area contributed by atoms with E-state index in [0.717, 1.165) is 6.54 Å². The smallest absolute Gasteiger partial charge is 0.480 e. The van der Waals surface area contributed by atoms with Crippen molar-refractivity contribution in [3.63, 3.8) is 0 Å². The lowest BCUT2D eigenvalue weighted by Crippen LogP contribution is -2.48. The van der Waals surface area contributed by atoms with E-state index in [1.54, 1.807) is 21.9 Å². The van der Waals surface area contributed by atoms with Gasteiger partial charge in [-0.05, 0) is 30.7 Å². The number of carboxylic acid groups (broad SMARTS) is 2. The van der Waals surface area contributed by atoms with Crippen LogP contribution in [0.1, 0.15) is 18.9 Å². The van der Waals surface area contributed by atoms with Crippen LogP contribution in [0.4, 0.5) is 0 Å². The summed E-state index contributed by atoms with van der Waals surface area (Å²) in [5, 5.41) is 21.3. The van der Waals surface area contributed by atoms with Crippen LogP contribution in [0.3, 0.4) is 0 Å². The Morgan fingerprint density at radius 2 is 1.26 bits per heavy atom. The first-order valence-corrected chi connectivity index (χ1v) is 15.7. The largest absolute Gasteiger partial charge is 0.524 e. The Balaban J connectivity index is 2.10. The summed E-state index contributed by atoms with van der Waals surface area (Å²) in [6.45, 7) is 6.35. The molecular weight excluding hydrogens is 585 g/mol. The molecule has 5 N–H and O–H groups in total. The summed E-state index contributed by atoms with van der Waals surface area (Å²) in [4.78, 5) is 74.4. The van der Waals surface area contributed by atoms with Gasteiger partial charge in [-0.2, -0.15) is 0 Å². The maximum absolute atomic E-state index is 13.3. The molecule has 15 nitrogen and oxygen atoms in total. The maximum atomic E-state index is 13.3. The first-order valence-electron chi connectivity index (χ1n) is 14.2. The van der Waals surface area contributed by atoms with Crippen molar-refractivity contribution >= 4 is 31.5 Å². The summed E-state index contributed by atoms with van der Waals surface area (Å²) in [7, 11) is -3.21. The van der Waals surface area contributed by atoms with Gasteiger partial charge in [0.2, 0.25) is 5.91 Å². The van der Waals surface area contributed by atoms with E-state index in [9.17, 15) is 34.0 Å². The lowest BCUT2D eigenvalue weighted by molar-refractivity contribution is -0.140. The second-order valence-electron chi connectivity index (χ2n) is 10.5. The van der Waals surface area contributed by atoms with Crippen molar-refractivity contribution in [1.29, 1.82) is 0 Å². The average Bonchev–Trinajstić information content (AvgIpc) is 2.92. The highest BCUT2D eigenvalue weighted by Gasteiger charge is 2.25. The van der Waals surface area contributed by atoms with Gasteiger partial charge in [-0.15, -0.1) is 0 Å². The van der Waals surface area contributed by atoms with Crippen molar-refractivity contribution in [3.05, 3.63) is 29.8 Å². The molecular formula is C27H44N5O10P. The number of amides is 1. The van der Waals surface area contributed by atoms with E-state index in [0.29, 0.717) is 57.9 Å². The molecule has 1 aliphatic rings. The highest BCUT2D eigenvalue weighted by atomic mass is 31.2. The first kappa shape index (κ1) is 36.3. The molecule has 0 aromatic heterocycles. The molecule has 1 aromatic carbocycles. The van der Waals surface area contributed by atoms with Gasteiger partial charge in [0, 0.05) is 71.7 Å². The van der Waals surface area contributed by atoms with Crippen LogP contribution in [0, 0.1) is 5.92 Å². The monoisotopic (exact) mass is 629 g/mol. The van der Waals surface area contributed by atoms with Crippen molar-refractivity contribution in [2.75, 3.05) is 85.6 Å². The summed E-state index contributed by atoms with van der Waals surface area (Å²) in [6, 6.07) is 5.93. The maximum Gasteiger partial charge on any atom is 0.524 e. The van der Waals surface area contributed by atoms with Crippen LogP contribution in [0.2, 0.25) is 0 Å². The van der Waals surface area contributed by atoms with Gasteiger partial charge in [-0.3, -0.25) is 43.7 Å². The predicted molar refractivity (Wildman–Crippen MR) is 157 cm³/mol. The molecule has 1 amide bonds. The van der Waals surface area contributed by atoms with Crippen LogP contribution < -0.4 is 9.84 Å². The van der Waals surface area contributed by atoms with E-state index in [4.69, 9.17) is 9.79 Å². The molecule has 0 spiro atoms. The van der Waals surface area contributed by atoms with E-state index in [1.807, 2.05) is 11.8 Å². The molecule has 1 aromatic rings. The van der Waals surface area contributed by atoms with Crippen molar-refractivity contribution in [2.24, 2.45) is 5.92 Å². The Morgan fingerprint density at radius 1 is 0.814 bits per heavy atom. The number of carboxylic acids is 2. The van der Waals surface area contributed by atoms with Crippen molar-refractivity contribution in [3.8, 4) is 5.75 Å². The van der Waals surface area contributed by atoms with Crippen LogP contribution in [0.5, 0.6) is 5.75 Å². The van der Waals surface area contributed by atoms with E-state index in [2.05, 4.69) is 14.7 Å². The lowest BCUT2D eigenvalue weighted by Gasteiger charge is -2.33. The fraction of sp³-hybridized carbons (Fsp3) is 0.630. The minimum Gasteiger partial charge on any atom is -0.480 e. The fourth-order valence-corrected chi connectivity index (χ4v) is 5.31. The van der Waals surface area contributed by atoms with Crippen molar-refractivity contribution < 1.29 is 48.3 Å². The molecule has 43 heavy (non-hydrogen) atoms. The highest BCUT2D eigenvalue weighted by molar-refractivity contribution is 7.46. The van der Waals surface area contributed by atoms with Crippen molar-refractivity contribution in [1.82, 2.24) is 24.9 Å². The van der Waals surface area contributed by atoms with Crippen LogP contribution in [0.25, 0.3) is 0 Å². The second kappa shape index (κ2) is 18.0. The van der Waals surface area contributed by atoms with Crippen LogP contribution in [-0.2, 0) is 30.2 Å². The molecule has 242 valence electrons. The summed E-state index contributed by atoms with van der Waals surface area (Å²) >= 11 is 0. The number of aliphatic carboxylic acids is 2. The number of ketones is 1. The second-order valence-corrected chi connectivity index (χ2v) is 11.7. The number of Topliss-reactive ketones (excluding diaryl/α,β-unsaturated/α-hetero) is 1. The lowest BCUT2D eigenvalue weighted by atomic mass is 9.93. The number of carbonyl (C=O) groups is 4. The van der Waals surface area contributed by atoms with Crippen molar-refractivity contribution in [2.45, 2.75) is 19.8 Å². The molecule has 0 unspecified atom stereocenters. The molecule has 2 rings (SSSR count). The number of rotatable bonds is 14. The van der Waals surface area contributed by atoms with E-state index >= 15 is 0 Å². The molecule has 0 saturated carbocycles. The number of nitrogens with zero attached hydrogens (tertiary/aromatic N) is 4. The SMILES string of the molecule is CCN1CCN(CC(=O)O)CCN(CC(=O)O)CCN(CC(=O)C[C@H](Cc2ccc(OP(=O)(O)O)cc2)C(=O)NC)CC1. The zero-order valence-electron chi connectivity index (χ0n) is 24.8. The highest BCUT2D eigenvalue weighted by Crippen LogP contribution is 2.37. The van der Waals surface area contributed by atoms with E-state index < -0.39 is 25.7 Å². The number of nitrogens with one attached hydrogen (secondary N) is 1. The zero-order valence-corrected chi connectivity index (χ0v) is 25.7. The Kier molecular flexibility index (Phi) is 15.2. The quantitative estimate of drug-likeness (QED) is 0.164. The first-order chi connectivity index (χ1) is 20.3. The number of phosphoric ester groups is 1. The van der Waals surface area contributed by atoms with E-state index in [-0.39, 0.29) is 49.9 Å². The Morgan fingerprint density at radius 3 is 1.65 bits per heavy atom. The zero-order chi connectivity index (χ0) is 32.0. The molecule has 0 aliphatic carbocycles. The fourth-order valence-electron chi connectivity index (χ4n) is 4.91. The van der Waals surface area contributed by atoms with Gasteiger partial charge in [0.15, 0.2) is 0 Å². The summed E-state index contributed by atoms with van der Waals surface area (Å²) in [5.41, 5.74) is 0.686. The number of hydrogen-bond donors (Lipinski definition) is 5. The Hall–Kier alpha value is -2.91. The van der Waals surface area contributed by atoms with Gasteiger partial charge in [0.1, 0.15) is 11.5 Å². The topological polar surface area (TPSA) is 200 Å². The minimum absolute atomic E-state index is 0.0207. The van der Waals surface area contributed by atoms with E-state index in [1.165, 1.54) is 19.2 Å². The van der Waals surface area contributed by atoms with Gasteiger partial charge in [0.25, 0.3) is 0 Å². The minimum atomic E-state index is -4.70. The van der Waals surface area contributed by atoms with Gasteiger partial charge in [-0.1, -0.05) is 19.1 Å². The number of hydrogen-bond acceptors (Lipinski definition) is 10. The average molecular weight is 630 g/mol. The Bertz CT molecular complexity index is 1120. The molecule has 1 heterocycles. The standard InChI is InChI=1S/C27H44N5O10P/c1-3-29-8-10-30(12-13-32(20-26(36)37)15-14-31(11-9-29)19-25(34)35)18-23(33)17-22(27(38)28-2)16-21-4-6-24(7-5-21)42-43(39,40)41/h4-7,22H,3,8-20H2,1-2H3,(H,28,38)(H,34,35)(H,36,37)(H2,39,40,41)/t22-/m0/s1. The van der Waals surface area contributed by atoms with Crippen LogP contribution in [-0.4, -0.2) is 149 Å². The van der Waals surface area contributed by atoms with Gasteiger partial charge in [-0.25, -0.2) is 4.57 Å². The van der Waals surface area contributed by atoms with Gasteiger partial charge >= 0.3 is 19.8 Å². The molecule has 1 saturated heterocycles. The third-order valence-corrected chi connectivity index (χ3v) is 7.66. The van der Waals surface area contributed by atoms with Crippen LogP contribution in [0.15, 0.2) is 24.3 Å². The number of likely N-dealkylation sites (N-methyl/N-ethyl adjacent to an activating group) is 1. The van der Waals surface area contributed by atoms with Gasteiger partial charge < -0.3 is 25.0 Å². The Labute approximate surface area is 251 Å². The molecule has 1 fully saturated rings. The molecule has 1 aliphatic heterocycles. The third-order valence-electron chi connectivity index (χ3n) is 7.22. The number of carbonyl (C=O) groups excluding carboxylic acids is 2. The number of phosphoric acid groups is 1. The molecule has 0 bridgehead atoms. The normalized spacial score (nSPS) is 17.8. The molecule has 16 heteroatoms. The molecule has 1 atom stereocenters. The summed E-state index contributed by atoms with van der Waals surface area (Å²) in [5.74, 6) is -3.09. The molecule has 0 radical (unpaired) electrons.